The van der Waals surface area contributed by atoms with Crippen molar-refractivity contribution in [1.29, 1.82) is 0 Å². The third-order valence-electron chi connectivity index (χ3n) is 4.31. The Kier molecular flexibility index (Phi) is 5.44. The lowest BCUT2D eigenvalue weighted by molar-refractivity contribution is -0.164. The molecule has 1 unspecified atom stereocenters. The number of hydrogen-bond donors (Lipinski definition) is 1. The van der Waals surface area contributed by atoms with Crippen molar-refractivity contribution >= 4 is 5.97 Å². The molecule has 0 saturated heterocycles. The van der Waals surface area contributed by atoms with E-state index in [1.807, 2.05) is 20.8 Å². The summed E-state index contributed by atoms with van der Waals surface area (Å²) in [5.74, 6) is -0.275. The maximum absolute atomic E-state index is 11.8. The first kappa shape index (κ1) is 14.5. The molecule has 0 amide bonds. The number of carbonyl (C=O) groups is 1. The number of ether oxygens (including phenoxy) is 1. The van der Waals surface area contributed by atoms with E-state index in [0.29, 0.717) is 13.2 Å². The summed E-state index contributed by atoms with van der Waals surface area (Å²) in [5.41, 5.74) is -0.684. The van der Waals surface area contributed by atoms with Crippen molar-refractivity contribution in [2.75, 3.05) is 13.2 Å². The molecule has 3 nitrogen and oxygen atoms in total. The third kappa shape index (κ3) is 3.01. The van der Waals surface area contributed by atoms with Crippen LogP contribution in [0, 0.1) is 17.3 Å². The maximum Gasteiger partial charge on any atom is 0.312 e. The highest BCUT2D eigenvalue weighted by molar-refractivity contribution is 5.75. The summed E-state index contributed by atoms with van der Waals surface area (Å²) in [6, 6.07) is 0. The van der Waals surface area contributed by atoms with Gasteiger partial charge < -0.3 is 9.84 Å². The summed E-state index contributed by atoms with van der Waals surface area (Å²) in [6.07, 6.45) is 5.66. The van der Waals surface area contributed by atoms with Gasteiger partial charge in [0.25, 0.3) is 0 Å². The molecule has 3 heteroatoms. The minimum atomic E-state index is -0.684. The van der Waals surface area contributed by atoms with E-state index >= 15 is 0 Å². The lowest BCUT2D eigenvalue weighted by atomic mass is 9.63. The Morgan fingerprint density at radius 1 is 1.35 bits per heavy atom. The first-order valence-electron chi connectivity index (χ1n) is 6.86. The molecule has 0 heterocycles. The highest BCUT2D eigenvalue weighted by Crippen LogP contribution is 2.44. The molecule has 0 aromatic heterocycles. The molecule has 1 fully saturated rings. The molecule has 0 aromatic carbocycles. The van der Waals surface area contributed by atoms with Crippen LogP contribution in [0.2, 0.25) is 0 Å². The van der Waals surface area contributed by atoms with E-state index in [-0.39, 0.29) is 11.8 Å². The van der Waals surface area contributed by atoms with Gasteiger partial charge in [-0.05, 0) is 31.6 Å². The third-order valence-corrected chi connectivity index (χ3v) is 4.31. The van der Waals surface area contributed by atoms with Crippen molar-refractivity contribution in [3.05, 3.63) is 0 Å². The van der Waals surface area contributed by atoms with Gasteiger partial charge in [-0.2, -0.15) is 0 Å². The monoisotopic (exact) mass is 242 g/mol. The summed E-state index contributed by atoms with van der Waals surface area (Å²) in [7, 11) is 0. The van der Waals surface area contributed by atoms with E-state index in [0.717, 1.165) is 12.8 Å². The Balaban J connectivity index is 2.91. The van der Waals surface area contributed by atoms with Crippen LogP contribution < -0.4 is 0 Å². The van der Waals surface area contributed by atoms with Crippen LogP contribution in [-0.4, -0.2) is 24.3 Å². The van der Waals surface area contributed by atoms with Gasteiger partial charge in [0, 0.05) is 6.61 Å². The summed E-state index contributed by atoms with van der Waals surface area (Å²) < 4.78 is 5.49. The number of aliphatic carboxylic acids is 1. The fourth-order valence-electron chi connectivity index (χ4n) is 3.13. The highest BCUT2D eigenvalue weighted by Gasteiger charge is 2.48. The van der Waals surface area contributed by atoms with E-state index in [1.54, 1.807) is 0 Å². The second-order valence-corrected chi connectivity index (χ2v) is 5.47. The highest BCUT2D eigenvalue weighted by atomic mass is 16.5. The quantitative estimate of drug-likeness (QED) is 0.777. The Morgan fingerprint density at radius 3 is 2.35 bits per heavy atom. The number of rotatable bonds is 6. The van der Waals surface area contributed by atoms with Crippen LogP contribution in [0.25, 0.3) is 0 Å². The Morgan fingerprint density at radius 2 is 1.94 bits per heavy atom. The van der Waals surface area contributed by atoms with Gasteiger partial charge in [0.1, 0.15) is 0 Å². The molecule has 0 radical (unpaired) electrons. The topological polar surface area (TPSA) is 46.5 Å². The Hall–Kier alpha value is -0.570. The number of hydrogen-bond acceptors (Lipinski definition) is 2. The molecule has 1 atom stereocenters. The minimum Gasteiger partial charge on any atom is -0.481 e. The summed E-state index contributed by atoms with van der Waals surface area (Å²) in [5, 5.41) is 9.69. The van der Waals surface area contributed by atoms with Gasteiger partial charge in [0.2, 0.25) is 0 Å². The zero-order valence-corrected chi connectivity index (χ0v) is 11.4. The predicted molar refractivity (Wildman–Crippen MR) is 68.0 cm³/mol. The SMILES string of the molecule is CCOCC(C(=O)O)(C(C)C)C1CCCCC1. The van der Waals surface area contributed by atoms with Crippen molar-refractivity contribution in [1.82, 2.24) is 0 Å². The molecular weight excluding hydrogens is 216 g/mol. The molecule has 1 rings (SSSR count). The fourth-order valence-corrected chi connectivity index (χ4v) is 3.13. The molecule has 1 N–H and O–H groups in total. The zero-order chi connectivity index (χ0) is 12.9. The van der Waals surface area contributed by atoms with Crippen LogP contribution >= 0.6 is 0 Å². The molecule has 1 aliphatic carbocycles. The Labute approximate surface area is 105 Å². The fraction of sp³-hybridized carbons (Fsp3) is 0.929. The summed E-state index contributed by atoms with van der Waals surface area (Å²) in [6.45, 7) is 6.91. The van der Waals surface area contributed by atoms with Crippen molar-refractivity contribution < 1.29 is 14.6 Å². The molecule has 0 bridgehead atoms. The average molecular weight is 242 g/mol. The van der Waals surface area contributed by atoms with Crippen molar-refractivity contribution in [2.45, 2.75) is 52.9 Å². The van der Waals surface area contributed by atoms with Gasteiger partial charge in [-0.15, -0.1) is 0 Å². The van der Waals surface area contributed by atoms with E-state index in [2.05, 4.69) is 0 Å². The lowest BCUT2D eigenvalue weighted by Crippen LogP contribution is -2.47. The van der Waals surface area contributed by atoms with Crippen molar-refractivity contribution in [2.24, 2.45) is 17.3 Å². The van der Waals surface area contributed by atoms with Gasteiger partial charge >= 0.3 is 5.97 Å². The van der Waals surface area contributed by atoms with Crippen LogP contribution in [0.15, 0.2) is 0 Å². The van der Waals surface area contributed by atoms with Crippen molar-refractivity contribution in [3.63, 3.8) is 0 Å². The first-order chi connectivity index (χ1) is 8.05. The molecule has 1 saturated carbocycles. The van der Waals surface area contributed by atoms with Gasteiger partial charge in [-0.25, -0.2) is 0 Å². The molecular formula is C14H26O3. The number of carboxylic acid groups (broad SMARTS) is 1. The zero-order valence-electron chi connectivity index (χ0n) is 11.4. The number of carboxylic acids is 1. The molecule has 17 heavy (non-hydrogen) atoms. The van der Waals surface area contributed by atoms with E-state index in [9.17, 15) is 9.90 Å². The van der Waals surface area contributed by atoms with Gasteiger partial charge in [0.15, 0.2) is 0 Å². The lowest BCUT2D eigenvalue weighted by Gasteiger charge is -2.42. The second-order valence-electron chi connectivity index (χ2n) is 5.47. The summed E-state index contributed by atoms with van der Waals surface area (Å²) >= 11 is 0. The van der Waals surface area contributed by atoms with Crippen LogP contribution in [0.4, 0.5) is 0 Å². The smallest absolute Gasteiger partial charge is 0.312 e. The van der Waals surface area contributed by atoms with Gasteiger partial charge in [-0.3, -0.25) is 4.79 Å². The molecule has 0 aliphatic heterocycles. The van der Waals surface area contributed by atoms with Crippen LogP contribution in [0.1, 0.15) is 52.9 Å². The maximum atomic E-state index is 11.8. The average Bonchev–Trinajstić information content (AvgIpc) is 2.30. The molecule has 1 aliphatic rings. The van der Waals surface area contributed by atoms with E-state index in [4.69, 9.17) is 4.74 Å². The van der Waals surface area contributed by atoms with Crippen LogP contribution in [0.5, 0.6) is 0 Å². The van der Waals surface area contributed by atoms with E-state index in [1.165, 1.54) is 19.3 Å². The molecule has 100 valence electrons. The normalized spacial score (nSPS) is 21.4. The van der Waals surface area contributed by atoms with Crippen LogP contribution in [0.3, 0.4) is 0 Å². The first-order valence-corrected chi connectivity index (χ1v) is 6.86. The minimum absolute atomic E-state index is 0.120. The van der Waals surface area contributed by atoms with E-state index < -0.39 is 11.4 Å². The Bertz CT molecular complexity index is 244. The standard InChI is InChI=1S/C14H26O3/c1-4-17-10-14(11(2)3,13(15)16)12-8-6-5-7-9-12/h11-12H,4-10H2,1-3H3,(H,15,16). The van der Waals surface area contributed by atoms with Gasteiger partial charge in [-0.1, -0.05) is 33.1 Å². The van der Waals surface area contributed by atoms with Gasteiger partial charge in [0.05, 0.1) is 12.0 Å². The second kappa shape index (κ2) is 6.39. The molecule has 0 spiro atoms. The van der Waals surface area contributed by atoms with Crippen LogP contribution in [-0.2, 0) is 9.53 Å². The summed E-state index contributed by atoms with van der Waals surface area (Å²) in [4.78, 5) is 11.8. The van der Waals surface area contributed by atoms with Crippen molar-refractivity contribution in [3.8, 4) is 0 Å². The largest absolute Gasteiger partial charge is 0.481 e. The predicted octanol–water partition coefficient (Wildman–Crippen LogP) is 3.33. The molecule has 0 aromatic rings.